The van der Waals surface area contributed by atoms with Crippen LogP contribution in [-0.2, 0) is 22.9 Å². The van der Waals surface area contributed by atoms with Crippen LogP contribution in [0.2, 0.25) is 0 Å². The van der Waals surface area contributed by atoms with Gasteiger partial charge in [0.15, 0.2) is 5.13 Å². The van der Waals surface area contributed by atoms with Gasteiger partial charge in [0.05, 0.1) is 15.5 Å². The quantitative estimate of drug-likeness (QED) is 0.507. The zero-order chi connectivity index (χ0) is 17.3. The summed E-state index contributed by atoms with van der Waals surface area (Å²) in [5.74, 6) is 0. The van der Waals surface area contributed by atoms with Crippen molar-refractivity contribution >= 4 is 32.2 Å². The number of fused-ring (bicyclic) bond motifs is 1. The average Bonchev–Trinajstić information content (AvgIpc) is 2.74. The Labute approximate surface area is 143 Å². The van der Waals surface area contributed by atoms with E-state index in [2.05, 4.69) is 9.71 Å². The molecule has 3 rings (SSSR count). The molecule has 1 aromatic carbocycles. The first-order valence-electron chi connectivity index (χ1n) is 7.63. The van der Waals surface area contributed by atoms with Crippen LogP contribution in [-0.4, -0.2) is 18.3 Å². The molecule has 7 nitrogen and oxygen atoms in total. The third-order valence-corrected chi connectivity index (χ3v) is 6.67. The standard InChI is InChI=1S/C15H17N3O4S2/c1-10-7-8-11(18(19)20)9-14(10)24(21,22)17-15-16-12-5-3-2-4-6-13(12)23-15/h7-9H,2-6H2,1H3,(H,16,17). The Bertz CT molecular complexity index is 867. The molecule has 9 heteroatoms. The van der Waals surface area contributed by atoms with Gasteiger partial charge < -0.3 is 0 Å². The molecule has 0 spiro atoms. The van der Waals surface area contributed by atoms with Crippen molar-refractivity contribution in [3.05, 3.63) is 44.4 Å². The maximum absolute atomic E-state index is 12.6. The van der Waals surface area contributed by atoms with Crippen molar-refractivity contribution in [3.63, 3.8) is 0 Å². The Morgan fingerprint density at radius 1 is 1.25 bits per heavy atom. The van der Waals surface area contributed by atoms with Crippen LogP contribution < -0.4 is 4.72 Å². The van der Waals surface area contributed by atoms with E-state index < -0.39 is 14.9 Å². The fraction of sp³-hybridized carbons (Fsp3) is 0.400. The highest BCUT2D eigenvalue weighted by Crippen LogP contribution is 2.31. The fourth-order valence-corrected chi connectivity index (χ4v) is 5.28. The van der Waals surface area contributed by atoms with E-state index in [0.717, 1.165) is 48.7 Å². The number of aryl methyl sites for hydroxylation is 3. The van der Waals surface area contributed by atoms with Crippen molar-refractivity contribution < 1.29 is 13.3 Å². The number of sulfonamides is 1. The van der Waals surface area contributed by atoms with E-state index >= 15 is 0 Å². The molecule has 2 aromatic rings. The van der Waals surface area contributed by atoms with E-state index in [1.807, 2.05) is 0 Å². The molecule has 0 radical (unpaired) electrons. The van der Waals surface area contributed by atoms with Crippen LogP contribution in [0.15, 0.2) is 23.1 Å². The summed E-state index contributed by atoms with van der Waals surface area (Å²) in [5, 5.41) is 11.2. The third kappa shape index (κ3) is 3.41. The summed E-state index contributed by atoms with van der Waals surface area (Å²) in [5.41, 5.74) is 1.16. The van der Waals surface area contributed by atoms with Crippen LogP contribution in [0, 0.1) is 17.0 Å². The van der Waals surface area contributed by atoms with Crippen molar-refractivity contribution in [1.29, 1.82) is 0 Å². The van der Waals surface area contributed by atoms with Gasteiger partial charge in [-0.05, 0) is 38.2 Å². The second-order valence-electron chi connectivity index (χ2n) is 5.76. The highest BCUT2D eigenvalue weighted by atomic mass is 32.2. The monoisotopic (exact) mass is 367 g/mol. The van der Waals surface area contributed by atoms with Gasteiger partial charge in [-0.1, -0.05) is 12.5 Å². The molecule has 128 valence electrons. The molecule has 0 atom stereocenters. The van der Waals surface area contributed by atoms with Gasteiger partial charge in [0.1, 0.15) is 0 Å². The van der Waals surface area contributed by atoms with Crippen LogP contribution in [0.25, 0.3) is 0 Å². The molecule has 24 heavy (non-hydrogen) atoms. The van der Waals surface area contributed by atoms with Crippen LogP contribution in [0.4, 0.5) is 10.8 Å². The summed E-state index contributed by atoms with van der Waals surface area (Å²) in [4.78, 5) is 15.7. The van der Waals surface area contributed by atoms with E-state index in [4.69, 9.17) is 0 Å². The highest BCUT2D eigenvalue weighted by molar-refractivity contribution is 7.93. The molecule has 1 heterocycles. The first kappa shape index (κ1) is 16.8. The maximum atomic E-state index is 12.6. The van der Waals surface area contributed by atoms with Crippen molar-refractivity contribution in [1.82, 2.24) is 4.98 Å². The lowest BCUT2D eigenvalue weighted by Gasteiger charge is -2.08. The summed E-state index contributed by atoms with van der Waals surface area (Å²) in [6.07, 6.45) is 5.10. The number of hydrogen-bond donors (Lipinski definition) is 1. The zero-order valence-electron chi connectivity index (χ0n) is 13.1. The minimum absolute atomic E-state index is 0.0953. The highest BCUT2D eigenvalue weighted by Gasteiger charge is 2.23. The predicted octanol–water partition coefficient (Wildman–Crippen LogP) is 3.43. The number of non-ortho nitro benzene ring substituents is 1. The Balaban J connectivity index is 1.92. The van der Waals surface area contributed by atoms with Crippen LogP contribution in [0.5, 0.6) is 0 Å². The topological polar surface area (TPSA) is 102 Å². The smallest absolute Gasteiger partial charge is 0.258 e. The lowest BCUT2D eigenvalue weighted by molar-refractivity contribution is -0.385. The second-order valence-corrected chi connectivity index (χ2v) is 8.50. The lowest BCUT2D eigenvalue weighted by atomic mass is 10.2. The molecule has 0 unspecified atom stereocenters. The van der Waals surface area contributed by atoms with Crippen molar-refractivity contribution in [2.75, 3.05) is 4.72 Å². The molecule has 0 amide bonds. The average molecular weight is 367 g/mol. The number of aromatic nitrogens is 1. The minimum atomic E-state index is -3.92. The summed E-state index contributed by atoms with van der Waals surface area (Å²) < 4.78 is 27.7. The summed E-state index contributed by atoms with van der Waals surface area (Å²) in [6.45, 7) is 1.61. The SMILES string of the molecule is Cc1ccc([N+](=O)[O-])cc1S(=O)(=O)Nc1nc2c(s1)CCCCC2. The first-order chi connectivity index (χ1) is 11.4. The third-order valence-electron chi connectivity index (χ3n) is 3.99. The van der Waals surface area contributed by atoms with E-state index in [1.54, 1.807) is 6.92 Å². The predicted molar refractivity (Wildman–Crippen MR) is 92.0 cm³/mol. The molecule has 0 bridgehead atoms. The van der Waals surface area contributed by atoms with E-state index in [1.165, 1.54) is 23.5 Å². The number of hydrogen-bond acceptors (Lipinski definition) is 6. The number of nitro benzene ring substituents is 1. The molecule has 1 aromatic heterocycles. The van der Waals surface area contributed by atoms with Crippen molar-refractivity contribution in [3.8, 4) is 0 Å². The maximum Gasteiger partial charge on any atom is 0.270 e. The molecule has 0 aliphatic heterocycles. The first-order valence-corrected chi connectivity index (χ1v) is 9.93. The van der Waals surface area contributed by atoms with Gasteiger partial charge in [-0.3, -0.25) is 14.8 Å². The minimum Gasteiger partial charge on any atom is -0.258 e. The number of nitro groups is 1. The number of anilines is 1. The Morgan fingerprint density at radius 2 is 2.00 bits per heavy atom. The van der Waals surface area contributed by atoms with E-state index in [9.17, 15) is 18.5 Å². The van der Waals surface area contributed by atoms with Crippen LogP contribution >= 0.6 is 11.3 Å². The normalized spacial score (nSPS) is 14.7. The second kappa shape index (κ2) is 6.48. The summed E-state index contributed by atoms with van der Waals surface area (Å²) >= 11 is 1.35. The molecule has 1 N–H and O–H groups in total. The van der Waals surface area contributed by atoms with E-state index in [0.29, 0.717) is 10.7 Å². The summed E-state index contributed by atoms with van der Waals surface area (Å²) in [6, 6.07) is 3.81. The number of rotatable bonds is 4. The number of nitrogens with one attached hydrogen (secondary N) is 1. The van der Waals surface area contributed by atoms with Crippen LogP contribution in [0.3, 0.4) is 0 Å². The van der Waals surface area contributed by atoms with Crippen molar-refractivity contribution in [2.45, 2.75) is 43.9 Å². The van der Waals surface area contributed by atoms with Gasteiger partial charge in [0.2, 0.25) is 0 Å². The Morgan fingerprint density at radius 3 is 2.75 bits per heavy atom. The zero-order valence-corrected chi connectivity index (χ0v) is 14.7. The Kier molecular flexibility index (Phi) is 4.55. The largest absolute Gasteiger partial charge is 0.270 e. The van der Waals surface area contributed by atoms with Crippen LogP contribution in [0.1, 0.15) is 35.4 Å². The van der Waals surface area contributed by atoms with Crippen molar-refractivity contribution in [2.24, 2.45) is 0 Å². The fourth-order valence-electron chi connectivity index (χ4n) is 2.73. The van der Waals surface area contributed by atoms with Gasteiger partial charge in [0, 0.05) is 17.0 Å². The van der Waals surface area contributed by atoms with Gasteiger partial charge in [-0.15, -0.1) is 11.3 Å². The molecular formula is C15H17N3O4S2. The molecule has 0 fully saturated rings. The number of thiazole rings is 1. The van der Waals surface area contributed by atoms with Gasteiger partial charge >= 0.3 is 0 Å². The number of nitrogens with zero attached hydrogens (tertiary/aromatic N) is 2. The van der Waals surface area contributed by atoms with E-state index in [-0.39, 0.29) is 10.6 Å². The Hall–Kier alpha value is -2.00. The molecule has 0 saturated carbocycles. The lowest BCUT2D eigenvalue weighted by Crippen LogP contribution is -2.14. The van der Waals surface area contributed by atoms with Gasteiger partial charge in [-0.25, -0.2) is 13.4 Å². The number of benzene rings is 1. The molecule has 1 aliphatic carbocycles. The van der Waals surface area contributed by atoms with Gasteiger partial charge in [0.25, 0.3) is 15.7 Å². The molecule has 0 saturated heterocycles. The molecule has 1 aliphatic rings. The van der Waals surface area contributed by atoms with Gasteiger partial charge in [-0.2, -0.15) is 0 Å². The summed E-state index contributed by atoms with van der Waals surface area (Å²) in [7, 11) is -3.92. The molecular weight excluding hydrogens is 350 g/mol.